The predicted octanol–water partition coefficient (Wildman–Crippen LogP) is 3.02. The normalized spacial score (nSPS) is 11.7. The quantitative estimate of drug-likeness (QED) is 0.622. The second kappa shape index (κ2) is 4.70. The highest BCUT2D eigenvalue weighted by atomic mass is 32.2. The minimum atomic E-state index is -4.31. The first-order valence-corrected chi connectivity index (χ1v) is 5.19. The highest BCUT2D eigenvalue weighted by Crippen LogP contribution is 2.21. The van der Waals surface area contributed by atoms with E-state index in [1.54, 1.807) is 18.2 Å². The third kappa shape index (κ3) is 3.59. The Labute approximate surface area is 84.7 Å². The summed E-state index contributed by atoms with van der Waals surface area (Å²) in [5.74, 6) is 0. The number of halogens is 3. The van der Waals surface area contributed by atoms with E-state index in [1.807, 2.05) is 12.3 Å². The number of benzene rings is 1. The summed E-state index contributed by atoms with van der Waals surface area (Å²) in [6, 6.07) is 7.03. The van der Waals surface area contributed by atoms with Crippen LogP contribution in [0.2, 0.25) is 0 Å². The van der Waals surface area contributed by atoms with Crippen LogP contribution in [0.3, 0.4) is 0 Å². The second-order valence-electron chi connectivity index (χ2n) is 2.66. The molecule has 0 fully saturated rings. The lowest BCUT2D eigenvalue weighted by atomic mass is 10.2. The van der Waals surface area contributed by atoms with Crippen molar-refractivity contribution in [3.63, 3.8) is 0 Å². The highest BCUT2D eigenvalue weighted by Gasteiger charge is 2.26. The fourth-order valence-electron chi connectivity index (χ4n) is 1.04. The van der Waals surface area contributed by atoms with E-state index >= 15 is 0 Å². The average molecular weight is 221 g/mol. The molecule has 0 amide bonds. The van der Waals surface area contributed by atoms with Crippen LogP contribution in [0.4, 0.5) is 13.2 Å². The summed E-state index contributed by atoms with van der Waals surface area (Å²) >= 11 is 1.44. The van der Waals surface area contributed by atoms with Crippen molar-refractivity contribution in [3.8, 4) is 0 Å². The van der Waals surface area contributed by atoms with Crippen molar-refractivity contribution in [2.75, 3.05) is 6.26 Å². The van der Waals surface area contributed by atoms with Crippen LogP contribution in [0.5, 0.6) is 0 Å². The van der Waals surface area contributed by atoms with E-state index in [2.05, 4.69) is 0 Å². The molecular weight excluding hydrogens is 211 g/mol. The fraction of sp³-hybridized carbons (Fsp3) is 0.333. The number of hydrogen-bond acceptors (Lipinski definition) is 2. The molecule has 0 aliphatic heterocycles. The summed E-state index contributed by atoms with van der Waals surface area (Å²) in [7, 11) is 0. The van der Waals surface area contributed by atoms with E-state index < -0.39 is 6.30 Å². The molecule has 0 saturated carbocycles. The fourth-order valence-corrected chi connectivity index (χ4v) is 1.66. The van der Waals surface area contributed by atoms with Gasteiger partial charge in [-0.3, -0.25) is 0 Å². The molecule has 1 nitrogen and oxygen atoms in total. The molecule has 0 heterocycles. The molecule has 0 saturated heterocycles. The van der Waals surface area contributed by atoms with Crippen molar-refractivity contribution in [3.05, 3.63) is 29.8 Å². The van der Waals surface area contributed by atoms with Crippen LogP contribution in [-0.2, 0) is 6.54 Å². The first kappa shape index (κ1) is 11.4. The summed E-state index contributed by atoms with van der Waals surface area (Å²) in [6.07, 6.45) is -2.47. The summed E-state index contributed by atoms with van der Waals surface area (Å²) in [4.78, 5) is 0.865. The molecule has 0 spiro atoms. The summed E-state index contributed by atoms with van der Waals surface area (Å²) < 4.78 is 35.6. The van der Waals surface area contributed by atoms with Crippen molar-refractivity contribution in [2.45, 2.75) is 17.7 Å². The first-order valence-electron chi connectivity index (χ1n) is 3.96. The molecule has 0 unspecified atom stereocenters. The number of alkyl halides is 3. The third-order valence-electron chi connectivity index (χ3n) is 1.67. The molecule has 0 atom stereocenters. The number of rotatable bonds is 3. The van der Waals surface area contributed by atoms with Crippen LogP contribution in [0.25, 0.3) is 0 Å². The largest absolute Gasteiger partial charge is 0.457 e. The maximum absolute atomic E-state index is 11.9. The minimum Gasteiger partial charge on any atom is -0.224 e. The lowest BCUT2D eigenvalue weighted by molar-refractivity contribution is -0.158. The van der Waals surface area contributed by atoms with E-state index in [4.69, 9.17) is 0 Å². The van der Waals surface area contributed by atoms with Crippen molar-refractivity contribution < 1.29 is 13.2 Å². The Morgan fingerprint density at radius 1 is 1.29 bits per heavy atom. The van der Waals surface area contributed by atoms with Crippen LogP contribution >= 0.6 is 11.8 Å². The minimum absolute atomic E-state index is 0.180. The van der Waals surface area contributed by atoms with Crippen LogP contribution in [0, 0.1) is 0 Å². The Morgan fingerprint density at radius 2 is 1.93 bits per heavy atom. The maximum Gasteiger partial charge on any atom is 0.457 e. The Balaban J connectivity index is 2.67. The van der Waals surface area contributed by atoms with Gasteiger partial charge in [0.1, 0.15) is 0 Å². The molecule has 0 radical (unpaired) electrons. The molecule has 1 aromatic rings. The zero-order valence-corrected chi connectivity index (χ0v) is 8.38. The molecule has 0 aliphatic rings. The zero-order valence-electron chi connectivity index (χ0n) is 7.56. The van der Waals surface area contributed by atoms with Crippen molar-refractivity contribution in [1.82, 2.24) is 5.32 Å². The highest BCUT2D eigenvalue weighted by molar-refractivity contribution is 7.98. The van der Waals surface area contributed by atoms with Crippen molar-refractivity contribution in [2.24, 2.45) is 0 Å². The third-order valence-corrected chi connectivity index (χ3v) is 2.51. The topological polar surface area (TPSA) is 12.0 Å². The lowest BCUT2D eigenvalue weighted by Gasteiger charge is -2.10. The van der Waals surface area contributed by atoms with Gasteiger partial charge >= 0.3 is 6.30 Å². The van der Waals surface area contributed by atoms with Crippen molar-refractivity contribution in [1.29, 1.82) is 0 Å². The van der Waals surface area contributed by atoms with Gasteiger partial charge in [-0.15, -0.1) is 11.8 Å². The van der Waals surface area contributed by atoms with E-state index in [9.17, 15) is 13.2 Å². The van der Waals surface area contributed by atoms with Gasteiger partial charge in [0, 0.05) is 11.4 Å². The molecule has 5 heteroatoms. The molecule has 0 bridgehead atoms. The molecule has 0 aliphatic carbocycles. The van der Waals surface area contributed by atoms with Crippen LogP contribution < -0.4 is 5.32 Å². The van der Waals surface area contributed by atoms with E-state index in [1.165, 1.54) is 17.1 Å². The van der Waals surface area contributed by atoms with Gasteiger partial charge < -0.3 is 0 Å². The monoisotopic (exact) mass is 221 g/mol. The summed E-state index contributed by atoms with van der Waals surface area (Å²) in [5, 5.41) is 1.50. The smallest absolute Gasteiger partial charge is 0.224 e. The molecule has 14 heavy (non-hydrogen) atoms. The van der Waals surface area contributed by atoms with E-state index in [-0.39, 0.29) is 6.54 Å². The number of nitrogens with one attached hydrogen (secondary N) is 1. The standard InChI is InChI=1S/C9H10F3NS/c1-14-8-5-3-2-4-7(8)6-13-9(10,11)12/h2-5,13H,6H2,1H3. The number of thioether (sulfide) groups is 1. The van der Waals surface area contributed by atoms with Gasteiger partial charge in [-0.2, -0.15) is 13.2 Å². The molecule has 1 N–H and O–H groups in total. The average Bonchev–Trinajstić information content (AvgIpc) is 2.14. The Bertz CT molecular complexity index is 298. The Morgan fingerprint density at radius 3 is 2.50 bits per heavy atom. The van der Waals surface area contributed by atoms with Crippen molar-refractivity contribution >= 4 is 11.8 Å². The lowest BCUT2D eigenvalue weighted by Crippen LogP contribution is -2.30. The number of hydrogen-bond donors (Lipinski definition) is 1. The molecule has 78 valence electrons. The molecule has 1 rings (SSSR count). The summed E-state index contributed by atoms with van der Waals surface area (Å²) in [6.45, 7) is -0.180. The Hall–Kier alpha value is -0.680. The molecule has 1 aromatic carbocycles. The maximum atomic E-state index is 11.9. The second-order valence-corrected chi connectivity index (χ2v) is 3.51. The van der Waals surface area contributed by atoms with Crippen LogP contribution in [0.1, 0.15) is 5.56 Å². The molecular formula is C9H10F3NS. The zero-order chi connectivity index (χ0) is 10.6. The van der Waals surface area contributed by atoms with Gasteiger partial charge in [-0.1, -0.05) is 18.2 Å². The molecule has 0 aromatic heterocycles. The van der Waals surface area contributed by atoms with Gasteiger partial charge in [-0.05, 0) is 17.9 Å². The van der Waals surface area contributed by atoms with Gasteiger partial charge in [0.15, 0.2) is 0 Å². The summed E-state index contributed by atoms with van der Waals surface area (Å²) in [5.41, 5.74) is 0.664. The Kier molecular flexibility index (Phi) is 3.83. The van der Waals surface area contributed by atoms with Crippen LogP contribution in [-0.4, -0.2) is 12.6 Å². The van der Waals surface area contributed by atoms with Gasteiger partial charge in [0.2, 0.25) is 0 Å². The van der Waals surface area contributed by atoms with E-state index in [0.29, 0.717) is 5.56 Å². The predicted molar refractivity (Wildman–Crippen MR) is 51.1 cm³/mol. The van der Waals surface area contributed by atoms with Gasteiger partial charge in [0.05, 0.1) is 0 Å². The van der Waals surface area contributed by atoms with E-state index in [0.717, 1.165) is 4.90 Å². The SMILES string of the molecule is CSc1ccccc1CNC(F)(F)F. The van der Waals surface area contributed by atoms with Crippen LogP contribution in [0.15, 0.2) is 29.2 Å². The first-order chi connectivity index (χ1) is 6.53. The van der Waals surface area contributed by atoms with Gasteiger partial charge in [-0.25, -0.2) is 5.32 Å². The van der Waals surface area contributed by atoms with Gasteiger partial charge in [0.25, 0.3) is 0 Å².